The summed E-state index contributed by atoms with van der Waals surface area (Å²) in [4.78, 5) is 3.85. The van der Waals surface area contributed by atoms with Gasteiger partial charge in [0.25, 0.3) is 0 Å². The Kier molecular flexibility index (Phi) is 1.53. The first-order chi connectivity index (χ1) is 5.21. The van der Waals surface area contributed by atoms with Crippen molar-refractivity contribution >= 4 is 16.3 Å². The molecule has 2 unspecified atom stereocenters. The number of aromatic nitrogens is 3. The first-order valence-electron chi connectivity index (χ1n) is 3.50. The van der Waals surface area contributed by atoms with Gasteiger partial charge >= 0.3 is 0 Å². The summed E-state index contributed by atoms with van der Waals surface area (Å²) >= 11 is 2.70. The van der Waals surface area contributed by atoms with Crippen LogP contribution in [0.2, 0.25) is 0 Å². The van der Waals surface area contributed by atoms with E-state index in [1.807, 2.05) is 6.92 Å². The van der Waals surface area contributed by atoms with Crippen LogP contribution >= 0.6 is 0 Å². The zero-order valence-corrected chi connectivity index (χ0v) is 7.42. The van der Waals surface area contributed by atoms with Crippen LogP contribution < -0.4 is 0 Å². The van der Waals surface area contributed by atoms with E-state index in [0.29, 0.717) is 6.10 Å². The molecule has 0 N–H and O–H groups in total. The van der Waals surface area contributed by atoms with Crippen molar-refractivity contribution in [2.24, 2.45) is 0 Å². The van der Waals surface area contributed by atoms with Gasteiger partial charge in [-0.05, 0) is 6.92 Å². The van der Waals surface area contributed by atoms with E-state index in [-0.39, 0.29) is 4.46 Å². The van der Waals surface area contributed by atoms with Crippen LogP contribution in [0, 0.1) is 0 Å². The van der Waals surface area contributed by atoms with Gasteiger partial charge in [0.15, 0.2) is 16.3 Å². The van der Waals surface area contributed by atoms with Gasteiger partial charge in [-0.15, -0.1) is 0 Å². The molecule has 4 nitrogen and oxygen atoms in total. The molecule has 11 heavy (non-hydrogen) atoms. The summed E-state index contributed by atoms with van der Waals surface area (Å²) in [6.07, 6.45) is 3.54. The lowest BCUT2D eigenvalue weighted by Gasteiger charge is -2.04. The first kappa shape index (κ1) is 7.29. The summed E-state index contributed by atoms with van der Waals surface area (Å²) in [5.41, 5.74) is 0. The lowest BCUT2D eigenvalue weighted by Crippen LogP contribution is -2.22. The number of hydrogen-bond acceptors (Lipinski definition) is 3. The average molecular weight is 165 g/mol. The Bertz CT molecular complexity index is 250. The highest BCUT2D eigenvalue weighted by molar-refractivity contribution is 6.16. The molecule has 0 amide bonds. The van der Waals surface area contributed by atoms with E-state index >= 15 is 0 Å². The fraction of sp³-hybridized carbons (Fsp3) is 0.667. The van der Waals surface area contributed by atoms with Crippen LogP contribution in [0.25, 0.3) is 0 Å². The van der Waals surface area contributed by atoms with Gasteiger partial charge in [-0.3, -0.25) is 4.68 Å². The molecule has 2 atom stereocenters. The maximum atomic E-state index is 5.35. The topological polar surface area (TPSA) is 43.2 Å². The molecule has 2 heterocycles. The summed E-state index contributed by atoms with van der Waals surface area (Å²) in [6.45, 7) is 2.81. The highest BCUT2D eigenvalue weighted by Crippen LogP contribution is 2.33. The maximum Gasteiger partial charge on any atom is 0.184 e. The Labute approximate surface area is 73.0 Å². The normalized spacial score (nSPS) is 35.5. The molecule has 1 aliphatic heterocycles. The van der Waals surface area contributed by atoms with E-state index < -0.39 is 0 Å². The average Bonchev–Trinajstić information content (AvgIpc) is 2.43. The van der Waals surface area contributed by atoms with Crippen LogP contribution in [-0.4, -0.2) is 41.6 Å². The largest absolute Gasteiger partial charge is 0.384 e. The molecule has 2 rings (SSSR count). The van der Waals surface area contributed by atoms with Crippen molar-refractivity contribution in [3.63, 3.8) is 0 Å². The van der Waals surface area contributed by atoms with E-state index in [1.165, 1.54) is 6.33 Å². The molecule has 5 heteroatoms. The van der Waals surface area contributed by atoms with Gasteiger partial charge in [0.2, 0.25) is 0 Å². The van der Waals surface area contributed by atoms with Gasteiger partial charge in [0, 0.05) is 4.46 Å². The van der Waals surface area contributed by atoms with E-state index in [9.17, 15) is 0 Å². The molecular weight excluding hydrogens is 157 g/mol. The van der Waals surface area contributed by atoms with E-state index in [4.69, 9.17) is 4.74 Å². The van der Waals surface area contributed by atoms with Crippen LogP contribution in [-0.2, 0) is 11.3 Å². The van der Waals surface area contributed by atoms with Crippen molar-refractivity contribution in [3.05, 3.63) is 12.7 Å². The predicted molar refractivity (Wildman–Crippen MR) is 39.1 cm³/mol. The highest BCUT2D eigenvalue weighted by atomic mass is 27.0. The first-order valence-corrected chi connectivity index (χ1v) is 4.07. The van der Waals surface area contributed by atoms with E-state index in [1.54, 1.807) is 11.0 Å². The van der Waals surface area contributed by atoms with Gasteiger partial charge in [0.05, 0.1) is 12.6 Å². The molecule has 0 aliphatic carbocycles. The molecular formula is C6H8AlN3O. The summed E-state index contributed by atoms with van der Waals surface area (Å²) in [5.74, 6) is 0. The second kappa shape index (κ2) is 2.31. The minimum absolute atomic E-state index is 0.0896. The van der Waals surface area contributed by atoms with Crippen LogP contribution in [0.1, 0.15) is 6.92 Å². The van der Waals surface area contributed by atoms with Crippen molar-refractivity contribution in [1.82, 2.24) is 14.8 Å². The highest BCUT2D eigenvalue weighted by Gasteiger charge is 2.46. The standard InChI is InChI=1S/C6H8N3O.Al/c1-5-6(10-5)2-9-4-7-3-8-9;/h3-5H,2H2,1H3;. The Morgan fingerprint density at radius 3 is 3.00 bits per heavy atom. The van der Waals surface area contributed by atoms with Crippen molar-refractivity contribution in [1.29, 1.82) is 0 Å². The lowest BCUT2D eigenvalue weighted by atomic mass is 10.3. The van der Waals surface area contributed by atoms with Crippen LogP contribution in [0.3, 0.4) is 0 Å². The maximum absolute atomic E-state index is 5.35. The van der Waals surface area contributed by atoms with Gasteiger partial charge < -0.3 is 4.74 Å². The smallest absolute Gasteiger partial charge is 0.184 e. The molecule has 0 aromatic carbocycles. The molecule has 2 radical (unpaired) electrons. The van der Waals surface area contributed by atoms with Crippen molar-refractivity contribution in [2.75, 3.05) is 0 Å². The van der Waals surface area contributed by atoms with Crippen LogP contribution in [0.5, 0.6) is 0 Å². The van der Waals surface area contributed by atoms with Crippen molar-refractivity contribution in [3.8, 4) is 0 Å². The van der Waals surface area contributed by atoms with Gasteiger partial charge in [-0.2, -0.15) is 5.10 Å². The Morgan fingerprint density at radius 1 is 1.82 bits per heavy atom. The van der Waals surface area contributed by atoms with Crippen molar-refractivity contribution in [2.45, 2.75) is 24.0 Å². The van der Waals surface area contributed by atoms with Gasteiger partial charge in [0.1, 0.15) is 12.7 Å². The number of rotatable bonds is 2. The molecule has 1 saturated heterocycles. The van der Waals surface area contributed by atoms with Crippen LogP contribution in [0.15, 0.2) is 12.7 Å². The molecule has 0 spiro atoms. The molecule has 0 saturated carbocycles. The number of nitrogens with zero attached hydrogens (tertiary/aromatic N) is 3. The molecule has 56 valence electrons. The van der Waals surface area contributed by atoms with E-state index in [2.05, 4.69) is 26.4 Å². The third-order valence-corrected chi connectivity index (χ3v) is 2.69. The molecule has 0 bridgehead atoms. The lowest BCUT2D eigenvalue weighted by molar-refractivity contribution is 0.328. The van der Waals surface area contributed by atoms with Crippen molar-refractivity contribution < 1.29 is 4.74 Å². The Balaban J connectivity index is 2.02. The summed E-state index contributed by atoms with van der Waals surface area (Å²) < 4.78 is 7.04. The van der Waals surface area contributed by atoms with Gasteiger partial charge in [-0.1, -0.05) is 0 Å². The Hall–Kier alpha value is -0.368. The molecule has 1 fully saturated rings. The Morgan fingerprint density at radius 2 is 2.55 bits per heavy atom. The summed E-state index contributed by atoms with van der Waals surface area (Å²) in [6, 6.07) is 0. The quantitative estimate of drug-likeness (QED) is 0.441. The summed E-state index contributed by atoms with van der Waals surface area (Å²) in [5, 5.41) is 3.99. The number of hydrogen-bond donors (Lipinski definition) is 0. The van der Waals surface area contributed by atoms with E-state index in [0.717, 1.165) is 6.54 Å². The second-order valence-electron chi connectivity index (χ2n) is 2.81. The van der Waals surface area contributed by atoms with Gasteiger partial charge in [-0.25, -0.2) is 4.98 Å². The van der Waals surface area contributed by atoms with Crippen LogP contribution in [0.4, 0.5) is 0 Å². The summed E-state index contributed by atoms with van der Waals surface area (Å²) in [7, 11) is 0. The second-order valence-corrected chi connectivity index (χ2v) is 3.79. The molecule has 1 aromatic rings. The zero-order valence-electron chi connectivity index (χ0n) is 6.27. The minimum atomic E-state index is -0.0896. The SMILES string of the molecule is CC1O[C]1([Al])Cn1cncn1. The fourth-order valence-electron chi connectivity index (χ4n) is 1.03. The molecule has 1 aromatic heterocycles. The number of ether oxygens (including phenoxy) is 1. The predicted octanol–water partition coefficient (Wildman–Crippen LogP) is -0.438. The number of epoxide rings is 1. The monoisotopic (exact) mass is 165 g/mol. The minimum Gasteiger partial charge on any atom is -0.384 e. The fourth-order valence-corrected chi connectivity index (χ4v) is 1.42. The zero-order chi connectivity index (χ0) is 7.90. The third-order valence-electron chi connectivity index (χ3n) is 1.90. The molecule has 1 aliphatic rings. The third kappa shape index (κ3) is 1.32.